The van der Waals surface area contributed by atoms with E-state index in [-0.39, 0.29) is 17.0 Å². The predicted octanol–water partition coefficient (Wildman–Crippen LogP) is 17.1. The Balaban J connectivity index is 1.36. The second-order valence-electron chi connectivity index (χ2n) is 17.4. The normalized spacial score (nSPS) is 11.8. The van der Waals surface area contributed by atoms with Crippen molar-refractivity contribution in [1.82, 2.24) is 0 Å². The molecule has 10 rings (SSSR count). The Hall–Kier alpha value is -7.30. The summed E-state index contributed by atoms with van der Waals surface area (Å²) >= 11 is 0. The van der Waals surface area contributed by atoms with Crippen LogP contribution in [0.4, 0.5) is 42.9 Å². The molecule has 4 heteroatoms. The highest BCUT2D eigenvalue weighted by Crippen LogP contribution is 2.52. The van der Waals surface area contributed by atoms with E-state index in [1.54, 1.807) is 12.1 Å². The van der Waals surface area contributed by atoms with Crippen molar-refractivity contribution in [3.8, 4) is 22.3 Å². The van der Waals surface area contributed by atoms with Crippen LogP contribution in [-0.2, 0) is 5.41 Å². The first kappa shape index (κ1) is 38.9. The Kier molecular flexibility index (Phi) is 9.60. The van der Waals surface area contributed by atoms with E-state index in [1.165, 1.54) is 17.7 Å². The quantitative estimate of drug-likeness (QED) is 0.141. The van der Waals surface area contributed by atoms with Gasteiger partial charge in [-0.1, -0.05) is 166 Å². The number of anilines is 6. The summed E-state index contributed by atoms with van der Waals surface area (Å²) in [4.78, 5) is 4.14. The topological polar surface area (TPSA) is 6.48 Å². The van der Waals surface area contributed by atoms with Crippen molar-refractivity contribution < 1.29 is 8.78 Å². The number of nitrogens with zero attached hydrogens (tertiary/aromatic N) is 2. The van der Waals surface area contributed by atoms with Crippen LogP contribution in [0.25, 0.3) is 54.6 Å². The zero-order valence-electron chi connectivity index (χ0n) is 35.5. The summed E-state index contributed by atoms with van der Waals surface area (Å²) < 4.78 is 33.4. The Morgan fingerprint density at radius 2 is 0.774 bits per heavy atom. The monoisotopic (exact) mass is 808 g/mol. The largest absolute Gasteiger partial charge is 0.307 e. The Morgan fingerprint density at radius 3 is 1.19 bits per heavy atom. The van der Waals surface area contributed by atoms with Gasteiger partial charge in [0.2, 0.25) is 0 Å². The molecule has 0 aromatic heterocycles. The third kappa shape index (κ3) is 6.73. The highest BCUT2D eigenvalue weighted by molar-refractivity contribution is 6.29. The zero-order valence-corrected chi connectivity index (χ0v) is 35.5. The van der Waals surface area contributed by atoms with Crippen molar-refractivity contribution >= 4 is 66.4 Å². The number of rotatable bonds is 8. The number of hydrogen-bond acceptors (Lipinski definition) is 2. The Morgan fingerprint density at radius 1 is 0.355 bits per heavy atom. The molecule has 0 spiro atoms. The van der Waals surface area contributed by atoms with E-state index < -0.39 is 0 Å². The summed E-state index contributed by atoms with van der Waals surface area (Å²) in [6, 6.07) is 62.9. The van der Waals surface area contributed by atoms with E-state index in [9.17, 15) is 0 Å². The summed E-state index contributed by atoms with van der Waals surface area (Å²) in [5.41, 5.74) is 11.3. The van der Waals surface area contributed by atoms with Gasteiger partial charge in [0.1, 0.15) is 11.6 Å². The third-order valence-corrected chi connectivity index (χ3v) is 12.3. The summed E-state index contributed by atoms with van der Waals surface area (Å²) in [5, 5.41) is 6.30. The molecule has 10 aromatic carbocycles. The van der Waals surface area contributed by atoms with E-state index in [0.29, 0.717) is 11.4 Å². The third-order valence-electron chi connectivity index (χ3n) is 12.3. The molecule has 0 saturated carbocycles. The van der Waals surface area contributed by atoms with Crippen molar-refractivity contribution in [1.29, 1.82) is 0 Å². The van der Waals surface area contributed by atoms with Crippen LogP contribution in [-0.4, -0.2) is 0 Å². The van der Waals surface area contributed by atoms with Gasteiger partial charge >= 0.3 is 0 Å². The highest BCUT2D eigenvalue weighted by Gasteiger charge is 2.28. The predicted molar refractivity (Wildman–Crippen MR) is 258 cm³/mol. The first-order valence-electron chi connectivity index (χ1n) is 21.2. The van der Waals surface area contributed by atoms with Crippen LogP contribution in [0.5, 0.6) is 0 Å². The van der Waals surface area contributed by atoms with Gasteiger partial charge < -0.3 is 9.80 Å². The minimum Gasteiger partial charge on any atom is -0.307 e. The van der Waals surface area contributed by atoms with Gasteiger partial charge in [-0.05, 0) is 117 Å². The first-order chi connectivity index (χ1) is 30.0. The molecule has 0 N–H and O–H groups in total. The van der Waals surface area contributed by atoms with Gasteiger partial charge in [0.25, 0.3) is 0 Å². The summed E-state index contributed by atoms with van der Waals surface area (Å²) in [5.74, 6) is -0.701. The van der Waals surface area contributed by atoms with Gasteiger partial charge in [0, 0.05) is 27.5 Å². The molecule has 0 aliphatic rings. The summed E-state index contributed by atoms with van der Waals surface area (Å²) in [7, 11) is 0. The standard InChI is InChI=1S/C58H46F2N2/c1-37-24-26-41(39-16-8-6-9-17-39)34-52(37)61(50-22-14-12-20-48(50)59)54-36-55(47-31-29-44-33-45(58(3,4)5)32-43-28-30-46(54)57(47)56(43)44)62(51-23-15-13-21-49(51)60)53-35-42(27-25-38(53)2)40-18-10-7-11-19-40/h6-36H,1-5H3. The van der Waals surface area contributed by atoms with Crippen molar-refractivity contribution in [2.45, 2.75) is 40.0 Å². The van der Waals surface area contributed by atoms with Gasteiger partial charge in [0.05, 0.1) is 22.7 Å². The minimum atomic E-state index is -0.351. The van der Waals surface area contributed by atoms with E-state index in [2.05, 4.69) is 148 Å². The minimum absolute atomic E-state index is 0.0767. The maximum Gasteiger partial charge on any atom is 0.147 e. The van der Waals surface area contributed by atoms with Crippen LogP contribution in [0.2, 0.25) is 0 Å². The molecule has 0 heterocycles. The fraction of sp³-hybridized carbons (Fsp3) is 0.103. The lowest BCUT2D eigenvalue weighted by molar-refractivity contribution is 0.591. The molecule has 0 aliphatic heterocycles. The smallest absolute Gasteiger partial charge is 0.147 e. The molecule has 10 aromatic rings. The van der Waals surface area contributed by atoms with Crippen LogP contribution in [0.1, 0.15) is 37.5 Å². The number of aryl methyl sites for hydroxylation is 2. The summed E-state index contributed by atoms with van der Waals surface area (Å²) in [6.07, 6.45) is 0. The molecule has 2 nitrogen and oxygen atoms in total. The fourth-order valence-corrected chi connectivity index (χ4v) is 9.05. The molecule has 0 fully saturated rings. The van der Waals surface area contributed by atoms with E-state index in [4.69, 9.17) is 0 Å². The van der Waals surface area contributed by atoms with Gasteiger partial charge in [-0.3, -0.25) is 0 Å². The molecule has 302 valence electrons. The van der Waals surface area contributed by atoms with Crippen LogP contribution < -0.4 is 9.80 Å². The lowest BCUT2D eigenvalue weighted by Crippen LogP contribution is -2.17. The van der Waals surface area contributed by atoms with Crippen molar-refractivity contribution in [2.75, 3.05) is 9.80 Å². The molecule has 0 amide bonds. The van der Waals surface area contributed by atoms with E-state index >= 15 is 8.78 Å². The lowest BCUT2D eigenvalue weighted by atomic mass is 9.83. The first-order valence-corrected chi connectivity index (χ1v) is 21.2. The van der Waals surface area contributed by atoms with Crippen molar-refractivity contribution in [2.24, 2.45) is 0 Å². The average Bonchev–Trinajstić information content (AvgIpc) is 3.28. The van der Waals surface area contributed by atoms with Crippen LogP contribution in [0.3, 0.4) is 0 Å². The maximum absolute atomic E-state index is 16.7. The number of hydrogen-bond donors (Lipinski definition) is 0. The molecule has 0 unspecified atom stereocenters. The molecule has 0 saturated heterocycles. The molecule has 62 heavy (non-hydrogen) atoms. The fourth-order valence-electron chi connectivity index (χ4n) is 9.05. The number of para-hydroxylation sites is 2. The van der Waals surface area contributed by atoms with Crippen LogP contribution in [0.15, 0.2) is 188 Å². The molecule has 0 bridgehead atoms. The van der Waals surface area contributed by atoms with E-state index in [1.807, 2.05) is 60.7 Å². The molecule has 0 atom stereocenters. The molecule has 0 aliphatic carbocycles. The zero-order chi connectivity index (χ0) is 42.7. The number of benzene rings is 10. The van der Waals surface area contributed by atoms with Crippen molar-refractivity contribution in [3.05, 3.63) is 216 Å². The molecular formula is C58H46F2N2. The lowest BCUT2D eigenvalue weighted by Gasteiger charge is -2.34. The van der Waals surface area contributed by atoms with Gasteiger partial charge in [-0.15, -0.1) is 0 Å². The average molecular weight is 809 g/mol. The maximum atomic E-state index is 16.7. The van der Waals surface area contributed by atoms with E-state index in [0.717, 1.165) is 88.4 Å². The number of halogens is 2. The highest BCUT2D eigenvalue weighted by atomic mass is 19.1. The molecular weight excluding hydrogens is 763 g/mol. The molecule has 0 radical (unpaired) electrons. The second-order valence-corrected chi connectivity index (χ2v) is 17.4. The Labute approximate surface area is 362 Å². The van der Waals surface area contributed by atoms with Gasteiger partial charge in [-0.25, -0.2) is 8.78 Å². The van der Waals surface area contributed by atoms with Crippen LogP contribution in [0, 0.1) is 25.5 Å². The summed E-state index contributed by atoms with van der Waals surface area (Å²) in [6.45, 7) is 10.9. The van der Waals surface area contributed by atoms with Crippen LogP contribution >= 0.6 is 0 Å². The Bertz CT molecular complexity index is 3070. The SMILES string of the molecule is Cc1ccc(-c2ccccc2)cc1N(c1ccccc1F)c1cc(N(c2cc(-c3ccccc3)ccc2C)c2ccccc2F)c2ccc3cc(C(C)(C)C)cc4ccc1c2c43. The second kappa shape index (κ2) is 15.3. The van der Waals surface area contributed by atoms with Crippen molar-refractivity contribution in [3.63, 3.8) is 0 Å². The van der Waals surface area contributed by atoms with Gasteiger partial charge in [-0.2, -0.15) is 0 Å². The van der Waals surface area contributed by atoms with Gasteiger partial charge in [0.15, 0.2) is 0 Å².